The number of rotatable bonds is 6. The first kappa shape index (κ1) is 21.2. The van der Waals surface area contributed by atoms with Crippen LogP contribution in [0, 0.1) is 12.7 Å². The highest BCUT2D eigenvalue weighted by molar-refractivity contribution is 5.80. The monoisotopic (exact) mass is 424 g/mol. The molecule has 0 radical (unpaired) electrons. The maximum Gasteiger partial charge on any atom is 0.244 e. The van der Waals surface area contributed by atoms with Gasteiger partial charge in [0, 0.05) is 50.2 Å². The van der Waals surface area contributed by atoms with Gasteiger partial charge in [0.25, 0.3) is 0 Å². The highest BCUT2D eigenvalue weighted by Crippen LogP contribution is 2.23. The lowest BCUT2D eigenvalue weighted by Crippen LogP contribution is -2.46. The summed E-state index contributed by atoms with van der Waals surface area (Å²) in [5.74, 6) is -0.255. The summed E-state index contributed by atoms with van der Waals surface area (Å²) in [4.78, 5) is 15.0. The molecule has 1 aliphatic rings. The second-order valence-electron chi connectivity index (χ2n) is 8.28. The van der Waals surface area contributed by atoms with Gasteiger partial charge in [0.1, 0.15) is 11.9 Å². The van der Waals surface area contributed by atoms with Crippen molar-refractivity contribution in [1.82, 2.24) is 29.8 Å². The van der Waals surface area contributed by atoms with E-state index in [0.717, 1.165) is 43.9 Å². The molecule has 0 bridgehead atoms. The molecule has 7 nitrogen and oxygen atoms in total. The van der Waals surface area contributed by atoms with E-state index in [1.807, 2.05) is 43.8 Å². The number of nitrogens with one attached hydrogen (secondary N) is 1. The standard InChI is InChI=1S/C23H29FN6O/c1-16-8-11-25-30(16)17(2)23(31)26-18-9-12-29(13-10-18)15-19-14-22(27-28(19)3)20-6-4-5-7-21(20)24/h4-8,11,14,17-18H,9-10,12-13,15H2,1-3H3,(H,26,31). The average Bonchev–Trinajstić information content (AvgIpc) is 3.34. The number of halogens is 1. The quantitative estimate of drug-likeness (QED) is 0.660. The number of likely N-dealkylation sites (tertiary alicyclic amines) is 1. The fourth-order valence-electron chi connectivity index (χ4n) is 4.14. The zero-order valence-electron chi connectivity index (χ0n) is 18.3. The number of aryl methyl sites for hydroxylation is 2. The zero-order chi connectivity index (χ0) is 22.0. The first-order valence-corrected chi connectivity index (χ1v) is 10.7. The Morgan fingerprint density at radius 3 is 2.68 bits per heavy atom. The van der Waals surface area contributed by atoms with Crippen molar-refractivity contribution in [3.63, 3.8) is 0 Å². The van der Waals surface area contributed by atoms with Gasteiger partial charge in [-0.3, -0.25) is 19.1 Å². The van der Waals surface area contributed by atoms with E-state index in [1.165, 1.54) is 6.07 Å². The molecule has 1 aliphatic heterocycles. The summed E-state index contributed by atoms with van der Waals surface area (Å²) in [6.07, 6.45) is 3.51. The van der Waals surface area contributed by atoms with E-state index in [0.29, 0.717) is 11.3 Å². The Labute approximate surface area is 181 Å². The Morgan fingerprint density at radius 2 is 2.00 bits per heavy atom. The van der Waals surface area contributed by atoms with Crippen molar-refractivity contribution in [3.8, 4) is 11.3 Å². The predicted octanol–water partition coefficient (Wildman–Crippen LogP) is 3.07. The number of amides is 1. The number of nitrogens with zero attached hydrogens (tertiary/aromatic N) is 5. The van der Waals surface area contributed by atoms with E-state index in [-0.39, 0.29) is 23.8 Å². The van der Waals surface area contributed by atoms with Gasteiger partial charge in [-0.15, -0.1) is 0 Å². The van der Waals surface area contributed by atoms with Crippen LogP contribution in [-0.2, 0) is 18.4 Å². The molecule has 1 N–H and O–H groups in total. The molecule has 164 valence electrons. The fraction of sp³-hybridized carbons (Fsp3) is 0.435. The molecule has 3 aromatic rings. The average molecular weight is 425 g/mol. The maximum atomic E-state index is 14.1. The van der Waals surface area contributed by atoms with Gasteiger partial charge in [0.2, 0.25) is 5.91 Å². The van der Waals surface area contributed by atoms with Crippen molar-refractivity contribution < 1.29 is 9.18 Å². The molecule has 1 saturated heterocycles. The summed E-state index contributed by atoms with van der Waals surface area (Å²) in [6.45, 7) is 6.35. The van der Waals surface area contributed by atoms with Crippen LogP contribution in [-0.4, -0.2) is 49.5 Å². The van der Waals surface area contributed by atoms with Crippen molar-refractivity contribution in [2.45, 2.75) is 45.3 Å². The Hall–Kier alpha value is -3.00. The smallest absolute Gasteiger partial charge is 0.244 e. The molecule has 4 rings (SSSR count). The topological polar surface area (TPSA) is 68.0 Å². The van der Waals surface area contributed by atoms with Crippen LogP contribution in [0.3, 0.4) is 0 Å². The normalized spacial score (nSPS) is 16.4. The number of carbonyl (C=O) groups excluding carboxylic acids is 1. The molecule has 0 spiro atoms. The van der Waals surface area contributed by atoms with Crippen LogP contribution in [0.2, 0.25) is 0 Å². The Morgan fingerprint density at radius 1 is 1.26 bits per heavy atom. The molecule has 1 amide bonds. The molecular weight excluding hydrogens is 395 g/mol. The molecule has 1 unspecified atom stereocenters. The summed E-state index contributed by atoms with van der Waals surface area (Å²) < 4.78 is 17.7. The van der Waals surface area contributed by atoms with Gasteiger partial charge in [-0.05, 0) is 51.0 Å². The minimum atomic E-state index is -0.320. The number of aromatic nitrogens is 4. The van der Waals surface area contributed by atoms with Crippen LogP contribution in [0.15, 0.2) is 42.6 Å². The SMILES string of the molecule is Cc1ccnn1C(C)C(=O)NC1CCN(Cc2cc(-c3ccccc3F)nn2C)CC1. The van der Waals surface area contributed by atoms with Gasteiger partial charge in [-0.1, -0.05) is 12.1 Å². The number of benzene rings is 1. The van der Waals surface area contributed by atoms with Crippen LogP contribution in [0.1, 0.15) is 37.2 Å². The first-order chi connectivity index (χ1) is 14.9. The summed E-state index contributed by atoms with van der Waals surface area (Å²) in [7, 11) is 1.89. The fourth-order valence-corrected chi connectivity index (χ4v) is 4.14. The van der Waals surface area contributed by atoms with E-state index < -0.39 is 0 Å². The molecule has 1 atom stereocenters. The molecule has 1 fully saturated rings. The van der Waals surface area contributed by atoms with Crippen LogP contribution in [0.4, 0.5) is 4.39 Å². The highest BCUT2D eigenvalue weighted by atomic mass is 19.1. The number of hydrogen-bond acceptors (Lipinski definition) is 4. The van der Waals surface area contributed by atoms with Gasteiger partial charge in [-0.2, -0.15) is 10.2 Å². The van der Waals surface area contributed by atoms with E-state index in [9.17, 15) is 9.18 Å². The van der Waals surface area contributed by atoms with Gasteiger partial charge in [-0.25, -0.2) is 4.39 Å². The van der Waals surface area contributed by atoms with Crippen LogP contribution < -0.4 is 5.32 Å². The number of carbonyl (C=O) groups is 1. The van der Waals surface area contributed by atoms with Crippen molar-refractivity contribution in [2.75, 3.05) is 13.1 Å². The lowest BCUT2D eigenvalue weighted by Gasteiger charge is -2.32. The third-order valence-electron chi connectivity index (χ3n) is 6.06. The molecule has 8 heteroatoms. The van der Waals surface area contributed by atoms with Crippen LogP contribution >= 0.6 is 0 Å². The van der Waals surface area contributed by atoms with E-state index in [2.05, 4.69) is 20.4 Å². The molecule has 0 aliphatic carbocycles. The third kappa shape index (κ3) is 4.69. The van der Waals surface area contributed by atoms with Crippen LogP contribution in [0.25, 0.3) is 11.3 Å². The third-order valence-corrected chi connectivity index (χ3v) is 6.06. The summed E-state index contributed by atoms with van der Waals surface area (Å²) in [5.41, 5.74) is 3.19. The van der Waals surface area contributed by atoms with E-state index in [4.69, 9.17) is 0 Å². The zero-order valence-corrected chi connectivity index (χ0v) is 18.3. The van der Waals surface area contributed by atoms with Crippen molar-refractivity contribution in [1.29, 1.82) is 0 Å². The summed E-state index contributed by atoms with van der Waals surface area (Å²) >= 11 is 0. The van der Waals surface area contributed by atoms with E-state index >= 15 is 0 Å². The molecule has 0 saturated carbocycles. The molecule has 2 aromatic heterocycles. The van der Waals surface area contributed by atoms with Crippen molar-refractivity contribution in [2.24, 2.45) is 7.05 Å². The largest absolute Gasteiger partial charge is 0.351 e. The molecular formula is C23H29FN6O. The lowest BCUT2D eigenvalue weighted by atomic mass is 10.0. The minimum Gasteiger partial charge on any atom is -0.351 e. The van der Waals surface area contributed by atoms with Gasteiger partial charge in [0.15, 0.2) is 0 Å². The maximum absolute atomic E-state index is 14.1. The van der Waals surface area contributed by atoms with Crippen molar-refractivity contribution in [3.05, 3.63) is 59.8 Å². The van der Waals surface area contributed by atoms with Gasteiger partial charge in [0.05, 0.1) is 11.4 Å². The van der Waals surface area contributed by atoms with Gasteiger partial charge < -0.3 is 5.32 Å². The minimum absolute atomic E-state index is 0.00594. The Kier molecular flexibility index (Phi) is 6.18. The molecule has 3 heterocycles. The van der Waals surface area contributed by atoms with Crippen molar-refractivity contribution >= 4 is 5.91 Å². The number of piperidine rings is 1. The summed E-state index contributed by atoms with van der Waals surface area (Å²) in [6, 6.07) is 10.4. The Balaban J connectivity index is 1.31. The second-order valence-corrected chi connectivity index (χ2v) is 8.28. The molecule has 31 heavy (non-hydrogen) atoms. The number of hydrogen-bond donors (Lipinski definition) is 1. The highest BCUT2D eigenvalue weighted by Gasteiger charge is 2.25. The molecule has 1 aromatic carbocycles. The summed E-state index contributed by atoms with van der Waals surface area (Å²) in [5, 5.41) is 11.9. The van der Waals surface area contributed by atoms with E-state index in [1.54, 1.807) is 23.0 Å². The predicted molar refractivity (Wildman–Crippen MR) is 117 cm³/mol. The second kappa shape index (κ2) is 9.01. The lowest BCUT2D eigenvalue weighted by molar-refractivity contribution is -0.125. The van der Waals surface area contributed by atoms with Gasteiger partial charge >= 0.3 is 0 Å². The first-order valence-electron chi connectivity index (χ1n) is 10.7. The van der Waals surface area contributed by atoms with Crippen LogP contribution in [0.5, 0.6) is 0 Å². The Bertz CT molecular complexity index is 1050.